The number of hydrogen-bond donors (Lipinski definition) is 3. The SMILES string of the molecule is CC(C)n1ncc2c(C(=O)NCC3CCOCC3)cc(-c3cccc(OCC(O)CN)c3)nc21. The van der Waals surface area contributed by atoms with Gasteiger partial charge in [0.2, 0.25) is 0 Å². The molecule has 4 rings (SSSR count). The Labute approximate surface area is 199 Å². The van der Waals surface area contributed by atoms with Crippen molar-refractivity contribution >= 4 is 16.9 Å². The zero-order chi connectivity index (χ0) is 24.1. The predicted octanol–water partition coefficient (Wildman–Crippen LogP) is 2.53. The number of hydrogen-bond acceptors (Lipinski definition) is 7. The van der Waals surface area contributed by atoms with Crippen molar-refractivity contribution in [2.45, 2.75) is 38.8 Å². The summed E-state index contributed by atoms with van der Waals surface area (Å²) < 4.78 is 12.9. The lowest BCUT2D eigenvalue weighted by Gasteiger charge is -2.22. The zero-order valence-corrected chi connectivity index (χ0v) is 19.7. The summed E-state index contributed by atoms with van der Waals surface area (Å²) in [5.41, 5.74) is 8.12. The van der Waals surface area contributed by atoms with E-state index in [4.69, 9.17) is 20.2 Å². The van der Waals surface area contributed by atoms with Gasteiger partial charge in [0, 0.05) is 37.9 Å². The third-order valence-electron chi connectivity index (χ3n) is 6.04. The van der Waals surface area contributed by atoms with E-state index in [1.54, 1.807) is 6.20 Å². The fourth-order valence-electron chi connectivity index (χ4n) is 4.02. The third-order valence-corrected chi connectivity index (χ3v) is 6.04. The fraction of sp³-hybridized carbons (Fsp3) is 0.480. The van der Waals surface area contributed by atoms with E-state index in [9.17, 15) is 9.90 Å². The lowest BCUT2D eigenvalue weighted by molar-refractivity contribution is 0.0643. The first-order chi connectivity index (χ1) is 16.5. The molecular formula is C25H33N5O4. The van der Waals surface area contributed by atoms with E-state index in [0.29, 0.717) is 35.1 Å². The highest BCUT2D eigenvalue weighted by molar-refractivity contribution is 6.06. The second-order valence-electron chi connectivity index (χ2n) is 8.97. The van der Waals surface area contributed by atoms with Crippen LogP contribution in [0.4, 0.5) is 0 Å². The van der Waals surface area contributed by atoms with Gasteiger partial charge in [0.1, 0.15) is 18.5 Å². The minimum Gasteiger partial charge on any atom is -0.491 e. The Balaban J connectivity index is 1.66. The van der Waals surface area contributed by atoms with Crippen LogP contribution in [-0.2, 0) is 4.74 Å². The number of nitrogens with zero attached hydrogens (tertiary/aromatic N) is 3. The lowest BCUT2D eigenvalue weighted by Crippen LogP contribution is -2.32. The first-order valence-electron chi connectivity index (χ1n) is 11.8. The molecule has 0 bridgehead atoms. The molecule has 0 aliphatic carbocycles. The molecule has 0 spiro atoms. The van der Waals surface area contributed by atoms with E-state index in [-0.39, 0.29) is 25.1 Å². The maximum Gasteiger partial charge on any atom is 0.252 e. The van der Waals surface area contributed by atoms with Crippen molar-refractivity contribution < 1.29 is 19.4 Å². The van der Waals surface area contributed by atoms with Gasteiger partial charge in [0.25, 0.3) is 5.91 Å². The van der Waals surface area contributed by atoms with Crippen molar-refractivity contribution in [3.05, 3.63) is 42.1 Å². The first-order valence-corrected chi connectivity index (χ1v) is 11.8. The summed E-state index contributed by atoms with van der Waals surface area (Å²) >= 11 is 0. The van der Waals surface area contributed by atoms with Crippen LogP contribution in [0.25, 0.3) is 22.3 Å². The van der Waals surface area contributed by atoms with Gasteiger partial charge in [-0.05, 0) is 50.8 Å². The smallest absolute Gasteiger partial charge is 0.252 e. The van der Waals surface area contributed by atoms with Crippen molar-refractivity contribution in [2.24, 2.45) is 11.7 Å². The van der Waals surface area contributed by atoms with Gasteiger partial charge in [-0.2, -0.15) is 5.10 Å². The average Bonchev–Trinajstić information content (AvgIpc) is 3.30. The summed E-state index contributed by atoms with van der Waals surface area (Å²) in [5, 5.41) is 18.0. The first kappa shape index (κ1) is 24.1. The van der Waals surface area contributed by atoms with Crippen LogP contribution in [0.3, 0.4) is 0 Å². The summed E-state index contributed by atoms with van der Waals surface area (Å²) in [5.74, 6) is 0.877. The molecule has 3 heterocycles. The second-order valence-corrected chi connectivity index (χ2v) is 8.97. The summed E-state index contributed by atoms with van der Waals surface area (Å²) in [4.78, 5) is 18.1. The van der Waals surface area contributed by atoms with E-state index in [1.807, 2.05) is 48.9 Å². The van der Waals surface area contributed by atoms with Crippen LogP contribution in [0, 0.1) is 5.92 Å². The number of amides is 1. The maximum absolute atomic E-state index is 13.3. The lowest BCUT2D eigenvalue weighted by atomic mass is 10.00. The number of pyridine rings is 1. The molecule has 1 aliphatic heterocycles. The monoisotopic (exact) mass is 467 g/mol. The van der Waals surface area contributed by atoms with Gasteiger partial charge in [-0.15, -0.1) is 0 Å². The molecule has 0 saturated carbocycles. The number of carbonyl (C=O) groups is 1. The maximum atomic E-state index is 13.3. The number of nitrogens with two attached hydrogens (primary N) is 1. The van der Waals surface area contributed by atoms with Crippen molar-refractivity contribution in [2.75, 3.05) is 32.9 Å². The molecule has 1 unspecified atom stereocenters. The molecule has 1 saturated heterocycles. The number of rotatable bonds is 9. The number of nitrogens with one attached hydrogen (secondary N) is 1. The summed E-state index contributed by atoms with van der Waals surface area (Å²) in [6.07, 6.45) is 2.88. The van der Waals surface area contributed by atoms with Crippen LogP contribution in [0.15, 0.2) is 36.5 Å². The number of fused-ring (bicyclic) bond motifs is 1. The molecule has 2 aromatic heterocycles. The fourth-order valence-corrected chi connectivity index (χ4v) is 4.02. The van der Waals surface area contributed by atoms with Crippen LogP contribution in [-0.4, -0.2) is 64.8 Å². The summed E-state index contributed by atoms with van der Waals surface area (Å²) in [7, 11) is 0. The molecule has 4 N–H and O–H groups in total. The molecular weight excluding hydrogens is 434 g/mol. The van der Waals surface area contributed by atoms with E-state index >= 15 is 0 Å². The highest BCUT2D eigenvalue weighted by Crippen LogP contribution is 2.28. The minimum atomic E-state index is -0.732. The second kappa shape index (κ2) is 10.9. The standard InChI is InChI=1S/C25H33N5O4/c1-16(2)30-24-22(14-28-30)21(25(32)27-13-17-6-8-33-9-7-17)11-23(29-24)18-4-3-5-20(10-18)34-15-19(31)12-26/h3-5,10-11,14,16-17,19,31H,6-9,12-13,15,26H2,1-2H3,(H,27,32). The molecule has 9 heteroatoms. The Hall–Kier alpha value is -3.01. The highest BCUT2D eigenvalue weighted by Gasteiger charge is 2.20. The Bertz CT molecular complexity index is 1120. The number of aliphatic hydroxyl groups is 1. The molecule has 9 nitrogen and oxygen atoms in total. The van der Waals surface area contributed by atoms with Crippen LogP contribution in [0.1, 0.15) is 43.1 Å². The highest BCUT2D eigenvalue weighted by atomic mass is 16.5. The van der Waals surface area contributed by atoms with Crippen molar-refractivity contribution in [1.29, 1.82) is 0 Å². The Morgan fingerprint density at radius 1 is 1.32 bits per heavy atom. The van der Waals surface area contributed by atoms with Crippen LogP contribution in [0.2, 0.25) is 0 Å². The van der Waals surface area contributed by atoms with Crippen LogP contribution < -0.4 is 15.8 Å². The third kappa shape index (κ3) is 5.55. The number of benzene rings is 1. The number of ether oxygens (including phenoxy) is 2. The Kier molecular flexibility index (Phi) is 7.77. The van der Waals surface area contributed by atoms with Gasteiger partial charge in [0.15, 0.2) is 5.65 Å². The Morgan fingerprint density at radius 2 is 2.12 bits per heavy atom. The number of aromatic nitrogens is 3. The van der Waals surface area contributed by atoms with Crippen LogP contribution >= 0.6 is 0 Å². The summed E-state index contributed by atoms with van der Waals surface area (Å²) in [6, 6.07) is 9.33. The van der Waals surface area contributed by atoms with Crippen molar-refractivity contribution in [3.8, 4) is 17.0 Å². The van der Waals surface area contributed by atoms with E-state index in [0.717, 1.165) is 37.0 Å². The van der Waals surface area contributed by atoms with Crippen molar-refractivity contribution in [3.63, 3.8) is 0 Å². The molecule has 1 aromatic carbocycles. The minimum absolute atomic E-state index is 0.0887. The molecule has 1 amide bonds. The molecule has 0 radical (unpaired) electrons. The van der Waals surface area contributed by atoms with Gasteiger partial charge in [0.05, 0.1) is 22.8 Å². The van der Waals surface area contributed by atoms with Gasteiger partial charge in [-0.25, -0.2) is 9.67 Å². The molecule has 1 fully saturated rings. The van der Waals surface area contributed by atoms with Gasteiger partial charge in [-0.1, -0.05) is 12.1 Å². The summed E-state index contributed by atoms with van der Waals surface area (Å²) in [6.45, 7) is 6.40. The molecule has 3 aromatic rings. The topological polar surface area (TPSA) is 125 Å². The van der Waals surface area contributed by atoms with Crippen LogP contribution in [0.5, 0.6) is 5.75 Å². The van der Waals surface area contributed by atoms with E-state index < -0.39 is 6.10 Å². The largest absolute Gasteiger partial charge is 0.491 e. The van der Waals surface area contributed by atoms with Crippen molar-refractivity contribution in [1.82, 2.24) is 20.1 Å². The normalized spacial score (nSPS) is 15.6. The molecule has 182 valence electrons. The predicted molar refractivity (Wildman–Crippen MR) is 130 cm³/mol. The zero-order valence-electron chi connectivity index (χ0n) is 19.7. The Morgan fingerprint density at radius 3 is 2.85 bits per heavy atom. The number of carbonyl (C=O) groups excluding carboxylic acids is 1. The van der Waals surface area contributed by atoms with Gasteiger partial charge < -0.3 is 25.6 Å². The molecule has 1 aliphatic rings. The number of aliphatic hydroxyl groups excluding tert-OH is 1. The quantitative estimate of drug-likeness (QED) is 0.442. The van der Waals surface area contributed by atoms with Gasteiger partial charge >= 0.3 is 0 Å². The average molecular weight is 468 g/mol. The van der Waals surface area contributed by atoms with E-state index in [2.05, 4.69) is 10.4 Å². The molecule has 34 heavy (non-hydrogen) atoms. The van der Waals surface area contributed by atoms with E-state index in [1.165, 1.54) is 0 Å². The molecule has 1 atom stereocenters. The van der Waals surface area contributed by atoms with Gasteiger partial charge in [-0.3, -0.25) is 4.79 Å².